The number of likely N-dealkylation sites (tertiary alicyclic amines) is 1. The summed E-state index contributed by atoms with van der Waals surface area (Å²) in [6.45, 7) is 6.84. The Morgan fingerprint density at radius 3 is 2.46 bits per heavy atom. The van der Waals surface area contributed by atoms with Crippen LogP contribution in [0.1, 0.15) is 27.2 Å². The molecule has 3 heteroatoms. The fraction of sp³-hybridized carbons (Fsp3) is 0.900. The van der Waals surface area contributed by atoms with Crippen LogP contribution in [-0.2, 0) is 4.79 Å². The van der Waals surface area contributed by atoms with Crippen LogP contribution in [0.4, 0.5) is 0 Å². The molecule has 1 aliphatic rings. The van der Waals surface area contributed by atoms with E-state index in [1.165, 1.54) is 0 Å². The summed E-state index contributed by atoms with van der Waals surface area (Å²) in [5, 5.41) is 9.19. The number of rotatable bonds is 3. The Kier molecular flexibility index (Phi) is 3.31. The van der Waals surface area contributed by atoms with Gasteiger partial charge in [0.25, 0.3) is 0 Å². The molecule has 1 amide bonds. The highest BCUT2D eigenvalue weighted by Gasteiger charge is 2.37. The van der Waals surface area contributed by atoms with Crippen molar-refractivity contribution in [2.24, 2.45) is 11.8 Å². The van der Waals surface area contributed by atoms with Crippen LogP contribution in [0, 0.1) is 11.8 Å². The summed E-state index contributed by atoms with van der Waals surface area (Å²) in [5.74, 6) is 0.824. The van der Waals surface area contributed by atoms with Gasteiger partial charge in [-0.15, -0.1) is 0 Å². The van der Waals surface area contributed by atoms with E-state index in [1.807, 2.05) is 4.90 Å². The van der Waals surface area contributed by atoms with Crippen molar-refractivity contribution in [3.8, 4) is 0 Å². The van der Waals surface area contributed by atoms with Crippen molar-refractivity contribution in [2.75, 3.05) is 13.2 Å². The molecular formula is C10H19NO2. The molecule has 0 aromatic heterocycles. The minimum absolute atomic E-state index is 0.135. The van der Waals surface area contributed by atoms with E-state index in [-0.39, 0.29) is 24.5 Å². The second-order valence-corrected chi connectivity index (χ2v) is 4.16. The third-order valence-corrected chi connectivity index (χ3v) is 3.03. The van der Waals surface area contributed by atoms with Gasteiger partial charge in [0, 0.05) is 32.0 Å². The van der Waals surface area contributed by atoms with Crippen LogP contribution >= 0.6 is 0 Å². The highest BCUT2D eigenvalue weighted by atomic mass is 16.3. The van der Waals surface area contributed by atoms with Crippen molar-refractivity contribution in [1.82, 2.24) is 4.90 Å². The third kappa shape index (κ3) is 2.02. The van der Waals surface area contributed by atoms with Crippen molar-refractivity contribution >= 4 is 5.91 Å². The van der Waals surface area contributed by atoms with Crippen LogP contribution < -0.4 is 0 Å². The summed E-state index contributed by atoms with van der Waals surface area (Å²) < 4.78 is 0. The standard InChI is InChI=1S/C10H19NO2/c1-7(2)9(6-12)10-4-5-11(10)8(3)13/h7,9-10,12H,4-6H2,1-3H3. The monoisotopic (exact) mass is 185 g/mol. The first-order valence-corrected chi connectivity index (χ1v) is 4.96. The van der Waals surface area contributed by atoms with Gasteiger partial charge in [-0.3, -0.25) is 4.79 Å². The largest absolute Gasteiger partial charge is 0.396 e. The first-order valence-electron chi connectivity index (χ1n) is 4.96. The zero-order chi connectivity index (χ0) is 10.0. The van der Waals surface area contributed by atoms with Crippen molar-refractivity contribution in [1.29, 1.82) is 0 Å². The molecule has 3 nitrogen and oxygen atoms in total. The van der Waals surface area contributed by atoms with E-state index in [2.05, 4.69) is 13.8 Å². The van der Waals surface area contributed by atoms with Crippen molar-refractivity contribution in [3.63, 3.8) is 0 Å². The summed E-state index contributed by atoms with van der Waals surface area (Å²) in [6.07, 6.45) is 1.04. The highest BCUT2D eigenvalue weighted by molar-refractivity contribution is 5.74. The lowest BCUT2D eigenvalue weighted by molar-refractivity contribution is -0.140. The van der Waals surface area contributed by atoms with E-state index in [0.29, 0.717) is 5.92 Å². The SMILES string of the molecule is CC(=O)N1CCC1C(CO)C(C)C. The average Bonchev–Trinajstić information content (AvgIpc) is 1.95. The lowest BCUT2D eigenvalue weighted by atomic mass is 9.82. The van der Waals surface area contributed by atoms with E-state index >= 15 is 0 Å². The predicted molar refractivity (Wildman–Crippen MR) is 51.2 cm³/mol. The Morgan fingerprint density at radius 2 is 2.23 bits per heavy atom. The zero-order valence-corrected chi connectivity index (χ0v) is 8.66. The Labute approximate surface area is 79.7 Å². The minimum Gasteiger partial charge on any atom is -0.396 e. The van der Waals surface area contributed by atoms with Gasteiger partial charge in [-0.25, -0.2) is 0 Å². The number of hydrogen-bond acceptors (Lipinski definition) is 2. The van der Waals surface area contributed by atoms with Gasteiger partial charge in [0.1, 0.15) is 0 Å². The number of nitrogens with zero attached hydrogens (tertiary/aromatic N) is 1. The molecule has 0 aromatic rings. The first kappa shape index (κ1) is 10.5. The molecule has 1 heterocycles. The van der Waals surface area contributed by atoms with Gasteiger partial charge in [-0.1, -0.05) is 13.8 Å². The van der Waals surface area contributed by atoms with Crippen molar-refractivity contribution < 1.29 is 9.90 Å². The second kappa shape index (κ2) is 4.09. The maximum absolute atomic E-state index is 11.1. The van der Waals surface area contributed by atoms with E-state index in [0.717, 1.165) is 13.0 Å². The lowest BCUT2D eigenvalue weighted by Gasteiger charge is -2.45. The summed E-state index contributed by atoms with van der Waals surface area (Å²) >= 11 is 0. The summed E-state index contributed by atoms with van der Waals surface area (Å²) in [4.78, 5) is 13.0. The van der Waals surface area contributed by atoms with Gasteiger partial charge in [-0.05, 0) is 12.3 Å². The zero-order valence-electron chi connectivity index (χ0n) is 8.66. The molecule has 0 aromatic carbocycles. The van der Waals surface area contributed by atoms with Gasteiger partial charge < -0.3 is 10.0 Å². The van der Waals surface area contributed by atoms with E-state index in [9.17, 15) is 9.90 Å². The van der Waals surface area contributed by atoms with Crippen LogP contribution in [0.25, 0.3) is 0 Å². The molecule has 2 atom stereocenters. The Balaban J connectivity index is 2.55. The first-order chi connectivity index (χ1) is 6.07. The normalized spacial score (nSPS) is 24.4. The molecule has 76 valence electrons. The average molecular weight is 185 g/mol. The van der Waals surface area contributed by atoms with Crippen molar-refractivity contribution in [3.05, 3.63) is 0 Å². The Morgan fingerprint density at radius 1 is 1.62 bits per heavy atom. The van der Waals surface area contributed by atoms with Gasteiger partial charge in [-0.2, -0.15) is 0 Å². The molecule has 0 bridgehead atoms. The fourth-order valence-electron chi connectivity index (χ4n) is 2.02. The van der Waals surface area contributed by atoms with Gasteiger partial charge in [0.2, 0.25) is 5.91 Å². The van der Waals surface area contributed by atoms with Crippen LogP contribution in [0.5, 0.6) is 0 Å². The molecular weight excluding hydrogens is 166 g/mol. The van der Waals surface area contributed by atoms with Gasteiger partial charge in [0.05, 0.1) is 0 Å². The van der Waals surface area contributed by atoms with Crippen LogP contribution in [-0.4, -0.2) is 35.1 Å². The molecule has 13 heavy (non-hydrogen) atoms. The molecule has 1 rings (SSSR count). The number of aliphatic hydroxyl groups is 1. The smallest absolute Gasteiger partial charge is 0.219 e. The fourth-order valence-corrected chi connectivity index (χ4v) is 2.02. The molecule has 1 N–H and O–H groups in total. The number of amides is 1. The topological polar surface area (TPSA) is 40.5 Å². The molecule has 1 fully saturated rings. The number of aliphatic hydroxyl groups excluding tert-OH is 1. The summed E-state index contributed by atoms with van der Waals surface area (Å²) in [5.41, 5.74) is 0. The second-order valence-electron chi connectivity index (χ2n) is 4.16. The maximum Gasteiger partial charge on any atom is 0.219 e. The Hall–Kier alpha value is -0.570. The number of hydrogen-bond donors (Lipinski definition) is 1. The van der Waals surface area contributed by atoms with E-state index in [1.54, 1.807) is 6.92 Å². The quantitative estimate of drug-likeness (QED) is 0.709. The van der Waals surface area contributed by atoms with E-state index < -0.39 is 0 Å². The molecule has 0 aliphatic carbocycles. The third-order valence-electron chi connectivity index (χ3n) is 3.03. The van der Waals surface area contributed by atoms with Gasteiger partial charge in [0.15, 0.2) is 0 Å². The summed E-state index contributed by atoms with van der Waals surface area (Å²) in [6, 6.07) is 0.280. The van der Waals surface area contributed by atoms with Gasteiger partial charge >= 0.3 is 0 Å². The highest BCUT2D eigenvalue weighted by Crippen LogP contribution is 2.29. The van der Waals surface area contributed by atoms with Crippen LogP contribution in [0.3, 0.4) is 0 Å². The van der Waals surface area contributed by atoms with Crippen LogP contribution in [0.15, 0.2) is 0 Å². The summed E-state index contributed by atoms with van der Waals surface area (Å²) in [7, 11) is 0. The maximum atomic E-state index is 11.1. The number of carbonyl (C=O) groups excluding carboxylic acids is 1. The van der Waals surface area contributed by atoms with E-state index in [4.69, 9.17) is 0 Å². The molecule has 0 saturated carbocycles. The minimum atomic E-state index is 0.135. The lowest BCUT2D eigenvalue weighted by Crippen LogP contribution is -2.55. The predicted octanol–water partition coefficient (Wildman–Crippen LogP) is 0.872. The molecule has 0 radical (unpaired) electrons. The molecule has 1 saturated heterocycles. The van der Waals surface area contributed by atoms with Crippen LogP contribution in [0.2, 0.25) is 0 Å². The van der Waals surface area contributed by atoms with Crippen molar-refractivity contribution in [2.45, 2.75) is 33.2 Å². The number of carbonyl (C=O) groups is 1. The molecule has 2 unspecified atom stereocenters. The molecule has 1 aliphatic heterocycles. The Bertz CT molecular complexity index is 191. The molecule has 0 spiro atoms.